The number of aromatic nitrogens is 2. The maximum atomic E-state index is 11.2. The van der Waals surface area contributed by atoms with Crippen molar-refractivity contribution in [3.05, 3.63) is 48.0 Å². The van der Waals surface area contributed by atoms with E-state index in [-0.39, 0.29) is 4.90 Å². The van der Waals surface area contributed by atoms with Crippen molar-refractivity contribution < 1.29 is 8.42 Å². The number of primary sulfonamides is 1. The number of nitrogens with two attached hydrogens (primary N) is 1. The summed E-state index contributed by atoms with van der Waals surface area (Å²) in [6, 6.07) is 6.66. The third-order valence-electron chi connectivity index (χ3n) is 3.25. The minimum absolute atomic E-state index is 0.140. The Morgan fingerprint density at radius 3 is 2.62 bits per heavy atom. The van der Waals surface area contributed by atoms with Crippen LogP contribution in [0.1, 0.15) is 18.2 Å². The highest BCUT2D eigenvalue weighted by molar-refractivity contribution is 7.89. The highest BCUT2D eigenvalue weighted by Gasteiger charge is 2.07. The zero-order chi connectivity index (χ0) is 15.3. The second kappa shape index (κ2) is 6.84. The van der Waals surface area contributed by atoms with Crippen LogP contribution in [0.5, 0.6) is 0 Å². The predicted molar refractivity (Wildman–Crippen MR) is 81.1 cm³/mol. The highest BCUT2D eigenvalue weighted by atomic mass is 32.2. The summed E-state index contributed by atoms with van der Waals surface area (Å²) in [6.45, 7) is 4.57. The molecule has 0 fully saturated rings. The van der Waals surface area contributed by atoms with Gasteiger partial charge in [0, 0.05) is 19.3 Å². The fraction of sp³-hybridized carbons (Fsp3) is 0.357. The Morgan fingerprint density at radius 2 is 2.00 bits per heavy atom. The van der Waals surface area contributed by atoms with Gasteiger partial charge in [-0.2, -0.15) is 0 Å². The van der Waals surface area contributed by atoms with Gasteiger partial charge < -0.3 is 9.88 Å². The molecule has 7 heteroatoms. The number of rotatable bonds is 7. The lowest BCUT2D eigenvalue weighted by atomic mass is 10.1. The van der Waals surface area contributed by atoms with Crippen LogP contribution in [0.15, 0.2) is 41.7 Å². The summed E-state index contributed by atoms with van der Waals surface area (Å²) in [5, 5.41) is 8.35. The molecule has 0 spiro atoms. The van der Waals surface area contributed by atoms with E-state index in [0.717, 1.165) is 37.3 Å². The van der Waals surface area contributed by atoms with Crippen LogP contribution in [-0.4, -0.2) is 24.5 Å². The van der Waals surface area contributed by atoms with Crippen molar-refractivity contribution in [2.75, 3.05) is 6.54 Å². The van der Waals surface area contributed by atoms with E-state index >= 15 is 0 Å². The summed E-state index contributed by atoms with van der Waals surface area (Å²) in [6.07, 6.45) is 4.47. The summed E-state index contributed by atoms with van der Waals surface area (Å²) in [5.74, 6) is 0. The van der Waals surface area contributed by atoms with Crippen LogP contribution in [-0.2, 0) is 29.5 Å². The monoisotopic (exact) mass is 308 g/mol. The zero-order valence-electron chi connectivity index (χ0n) is 12.0. The van der Waals surface area contributed by atoms with E-state index in [4.69, 9.17) is 5.14 Å². The van der Waals surface area contributed by atoms with Crippen LogP contribution in [0.2, 0.25) is 0 Å². The molecule has 0 bridgehead atoms. The third-order valence-corrected chi connectivity index (χ3v) is 4.18. The standard InChI is InChI=1S/C14H20N4O2S/c1-2-16-9-13-10-17-11-18(13)8-7-12-3-5-14(6-4-12)21(15,19)20/h3-6,10-11,16H,2,7-9H2,1H3,(H2,15,19,20). The van der Waals surface area contributed by atoms with Crippen molar-refractivity contribution >= 4 is 10.0 Å². The van der Waals surface area contributed by atoms with Crippen LogP contribution in [0, 0.1) is 0 Å². The van der Waals surface area contributed by atoms with Gasteiger partial charge in [0.15, 0.2) is 0 Å². The molecule has 114 valence electrons. The Balaban J connectivity index is 1.99. The average molecular weight is 308 g/mol. The number of aryl methyl sites for hydroxylation is 2. The molecule has 0 aliphatic heterocycles. The fourth-order valence-corrected chi connectivity index (χ4v) is 2.56. The van der Waals surface area contributed by atoms with Gasteiger partial charge in [0.2, 0.25) is 10.0 Å². The maximum absolute atomic E-state index is 11.2. The molecule has 0 saturated heterocycles. The van der Waals surface area contributed by atoms with Gasteiger partial charge in [-0.05, 0) is 30.7 Å². The largest absolute Gasteiger partial charge is 0.333 e. The number of nitrogens with one attached hydrogen (secondary N) is 1. The smallest absolute Gasteiger partial charge is 0.238 e. The first-order chi connectivity index (χ1) is 10.0. The number of imidazole rings is 1. The van der Waals surface area contributed by atoms with Gasteiger partial charge in [0.05, 0.1) is 16.9 Å². The second-order valence-electron chi connectivity index (χ2n) is 4.80. The maximum Gasteiger partial charge on any atom is 0.238 e. The van der Waals surface area contributed by atoms with E-state index in [1.165, 1.54) is 12.1 Å². The molecular formula is C14H20N4O2S. The number of hydrogen-bond acceptors (Lipinski definition) is 4. The van der Waals surface area contributed by atoms with E-state index in [0.29, 0.717) is 0 Å². The molecule has 21 heavy (non-hydrogen) atoms. The molecule has 2 rings (SSSR count). The van der Waals surface area contributed by atoms with Gasteiger partial charge in [0.25, 0.3) is 0 Å². The van der Waals surface area contributed by atoms with Gasteiger partial charge in [-0.1, -0.05) is 19.1 Å². The van der Waals surface area contributed by atoms with E-state index in [1.807, 2.05) is 12.5 Å². The minimum atomic E-state index is -3.62. The SMILES string of the molecule is CCNCc1cncn1CCc1ccc(S(N)(=O)=O)cc1. The van der Waals surface area contributed by atoms with Gasteiger partial charge in [0.1, 0.15) is 0 Å². The normalized spacial score (nSPS) is 11.7. The molecule has 0 aliphatic carbocycles. The molecule has 3 N–H and O–H groups in total. The second-order valence-corrected chi connectivity index (χ2v) is 6.36. The zero-order valence-corrected chi connectivity index (χ0v) is 12.8. The molecule has 1 aromatic heterocycles. The van der Waals surface area contributed by atoms with Crippen molar-refractivity contribution in [3.63, 3.8) is 0 Å². The van der Waals surface area contributed by atoms with Crippen molar-refractivity contribution in [2.24, 2.45) is 5.14 Å². The van der Waals surface area contributed by atoms with E-state index in [2.05, 4.69) is 21.8 Å². The van der Waals surface area contributed by atoms with E-state index < -0.39 is 10.0 Å². The lowest BCUT2D eigenvalue weighted by molar-refractivity contribution is 0.597. The van der Waals surface area contributed by atoms with Crippen molar-refractivity contribution in [2.45, 2.75) is 31.3 Å². The van der Waals surface area contributed by atoms with Crippen LogP contribution in [0.3, 0.4) is 0 Å². The molecule has 0 amide bonds. The summed E-state index contributed by atoms with van der Waals surface area (Å²) < 4.78 is 24.5. The molecule has 2 aromatic rings. The number of hydrogen-bond donors (Lipinski definition) is 2. The molecule has 1 heterocycles. The van der Waals surface area contributed by atoms with Gasteiger partial charge >= 0.3 is 0 Å². The Kier molecular flexibility index (Phi) is 5.11. The van der Waals surface area contributed by atoms with Gasteiger partial charge in [-0.15, -0.1) is 0 Å². The molecule has 0 radical (unpaired) electrons. The first-order valence-electron chi connectivity index (χ1n) is 6.82. The number of benzene rings is 1. The molecule has 1 aromatic carbocycles. The highest BCUT2D eigenvalue weighted by Crippen LogP contribution is 2.10. The Bertz CT molecular complexity index is 677. The quantitative estimate of drug-likeness (QED) is 0.794. The lowest BCUT2D eigenvalue weighted by Crippen LogP contribution is -2.15. The molecule has 0 saturated carbocycles. The molecular weight excluding hydrogens is 288 g/mol. The Hall–Kier alpha value is -1.70. The van der Waals surface area contributed by atoms with E-state index in [9.17, 15) is 8.42 Å². The summed E-state index contributed by atoms with van der Waals surface area (Å²) in [5.41, 5.74) is 2.20. The molecule has 0 aliphatic rings. The predicted octanol–water partition coefficient (Wildman–Crippen LogP) is 0.883. The summed E-state index contributed by atoms with van der Waals surface area (Å²) in [7, 11) is -3.62. The molecule has 0 unspecified atom stereocenters. The minimum Gasteiger partial charge on any atom is -0.333 e. The molecule has 0 atom stereocenters. The van der Waals surface area contributed by atoms with Crippen molar-refractivity contribution in [1.82, 2.24) is 14.9 Å². The summed E-state index contributed by atoms with van der Waals surface area (Å²) in [4.78, 5) is 4.30. The van der Waals surface area contributed by atoms with Crippen molar-refractivity contribution in [3.8, 4) is 0 Å². The first-order valence-corrected chi connectivity index (χ1v) is 8.37. The van der Waals surface area contributed by atoms with E-state index in [1.54, 1.807) is 12.1 Å². The van der Waals surface area contributed by atoms with Crippen LogP contribution in [0.25, 0.3) is 0 Å². The van der Waals surface area contributed by atoms with Crippen LogP contribution < -0.4 is 10.5 Å². The topological polar surface area (TPSA) is 90.0 Å². The fourth-order valence-electron chi connectivity index (χ4n) is 2.05. The van der Waals surface area contributed by atoms with Crippen molar-refractivity contribution in [1.29, 1.82) is 0 Å². The van der Waals surface area contributed by atoms with Gasteiger partial charge in [-0.3, -0.25) is 0 Å². The Morgan fingerprint density at radius 1 is 1.29 bits per heavy atom. The van der Waals surface area contributed by atoms with Crippen LogP contribution in [0.4, 0.5) is 0 Å². The summed E-state index contributed by atoms with van der Waals surface area (Å²) >= 11 is 0. The Labute approximate surface area is 125 Å². The van der Waals surface area contributed by atoms with Gasteiger partial charge in [-0.25, -0.2) is 18.5 Å². The first kappa shape index (κ1) is 15.7. The van der Waals surface area contributed by atoms with Crippen LogP contribution >= 0.6 is 0 Å². The lowest BCUT2D eigenvalue weighted by Gasteiger charge is -2.09. The average Bonchev–Trinajstić information content (AvgIpc) is 2.90. The number of nitrogens with zero attached hydrogens (tertiary/aromatic N) is 2. The number of sulfonamides is 1. The third kappa shape index (κ3) is 4.38. The molecule has 6 nitrogen and oxygen atoms in total.